The molecule has 0 saturated carbocycles. The van der Waals surface area contributed by atoms with Gasteiger partial charge in [0.15, 0.2) is 0 Å². The Bertz CT molecular complexity index is 573. The van der Waals surface area contributed by atoms with Gasteiger partial charge in [-0.15, -0.1) is 0 Å². The highest BCUT2D eigenvalue weighted by Gasteiger charge is 2.18. The lowest BCUT2D eigenvalue weighted by Crippen LogP contribution is -2.25. The van der Waals surface area contributed by atoms with Gasteiger partial charge in [-0.2, -0.15) is 0 Å². The zero-order chi connectivity index (χ0) is 15.2. The maximum atomic E-state index is 3.78. The molecule has 2 unspecified atom stereocenters. The number of nitrogens with one attached hydrogen (secondary N) is 1. The normalized spacial score (nSPS) is 14.3. The second-order valence-corrected chi connectivity index (χ2v) is 6.27. The second kappa shape index (κ2) is 7.61. The molecule has 2 aromatic rings. The van der Waals surface area contributed by atoms with Crippen LogP contribution < -0.4 is 5.32 Å². The molecule has 2 atom stereocenters. The molecule has 0 aromatic heterocycles. The number of hydrogen-bond donors (Lipinski definition) is 1. The molecule has 114 valence electrons. The predicted molar refractivity (Wildman–Crippen MR) is 93.8 cm³/mol. The summed E-state index contributed by atoms with van der Waals surface area (Å²) >= 11 is 0. The monoisotopic (exact) mass is 283 g/mol. The van der Waals surface area contributed by atoms with Gasteiger partial charge in [0.25, 0.3) is 0 Å². The van der Waals surface area contributed by atoms with Gasteiger partial charge in [-0.25, -0.2) is 0 Å². The van der Waals surface area contributed by atoms with Gasteiger partial charge < -0.3 is 5.32 Å². The predicted octanol–water partition coefficient (Wildman–Crippen LogP) is 5.63. The number of hydrogen-bond acceptors (Lipinski definition) is 1. The van der Waals surface area contributed by atoms with Crippen molar-refractivity contribution in [3.63, 3.8) is 0 Å². The fourth-order valence-corrected chi connectivity index (χ4v) is 3.06. The van der Waals surface area contributed by atoms with Crippen molar-refractivity contribution in [2.45, 2.75) is 53.0 Å². The van der Waals surface area contributed by atoms with Crippen molar-refractivity contribution in [3.05, 3.63) is 47.5 Å². The molecule has 0 aliphatic rings. The minimum absolute atomic E-state index is 0.464. The standard InChI is InChI=1S/C20H29N/c1-5-13-21-19(14-15(3)6-2)20-16(4)11-12-17-9-7-8-10-18(17)20/h7-12,15,19,21H,5-6,13-14H2,1-4H3. The molecular formula is C20H29N. The topological polar surface area (TPSA) is 12.0 Å². The summed E-state index contributed by atoms with van der Waals surface area (Å²) in [6.07, 6.45) is 3.64. The highest BCUT2D eigenvalue weighted by atomic mass is 14.9. The number of fused-ring (bicyclic) bond motifs is 1. The third kappa shape index (κ3) is 3.85. The lowest BCUT2D eigenvalue weighted by atomic mass is 9.88. The first-order valence-electron chi connectivity index (χ1n) is 8.39. The molecule has 0 spiro atoms. The largest absolute Gasteiger partial charge is 0.310 e. The zero-order valence-electron chi connectivity index (χ0n) is 13.9. The van der Waals surface area contributed by atoms with Crippen molar-refractivity contribution < 1.29 is 0 Å². The van der Waals surface area contributed by atoms with E-state index in [1.807, 2.05) is 0 Å². The van der Waals surface area contributed by atoms with E-state index in [1.165, 1.54) is 41.2 Å². The van der Waals surface area contributed by atoms with E-state index in [2.05, 4.69) is 69.4 Å². The summed E-state index contributed by atoms with van der Waals surface area (Å²) in [6, 6.07) is 13.8. The Morgan fingerprint density at radius 3 is 2.52 bits per heavy atom. The Hall–Kier alpha value is -1.34. The van der Waals surface area contributed by atoms with E-state index < -0.39 is 0 Å². The molecule has 0 heterocycles. The van der Waals surface area contributed by atoms with E-state index >= 15 is 0 Å². The molecule has 0 fully saturated rings. The molecule has 21 heavy (non-hydrogen) atoms. The van der Waals surface area contributed by atoms with E-state index in [0.717, 1.165) is 12.5 Å². The van der Waals surface area contributed by atoms with Crippen LogP contribution in [-0.2, 0) is 0 Å². The van der Waals surface area contributed by atoms with Crippen molar-refractivity contribution in [2.75, 3.05) is 6.54 Å². The summed E-state index contributed by atoms with van der Waals surface area (Å²) in [5.74, 6) is 0.748. The zero-order valence-corrected chi connectivity index (χ0v) is 13.9. The third-order valence-corrected chi connectivity index (χ3v) is 4.51. The maximum absolute atomic E-state index is 3.78. The summed E-state index contributed by atoms with van der Waals surface area (Å²) in [4.78, 5) is 0. The van der Waals surface area contributed by atoms with Crippen molar-refractivity contribution in [1.29, 1.82) is 0 Å². The van der Waals surface area contributed by atoms with Gasteiger partial charge in [-0.05, 0) is 54.1 Å². The second-order valence-electron chi connectivity index (χ2n) is 6.27. The van der Waals surface area contributed by atoms with Crippen LogP contribution in [0.3, 0.4) is 0 Å². The summed E-state index contributed by atoms with van der Waals surface area (Å²) in [5.41, 5.74) is 2.91. The van der Waals surface area contributed by atoms with Crippen molar-refractivity contribution in [1.82, 2.24) is 5.32 Å². The minimum atomic E-state index is 0.464. The van der Waals surface area contributed by atoms with Crippen LogP contribution in [-0.4, -0.2) is 6.54 Å². The van der Waals surface area contributed by atoms with Crippen LogP contribution in [0.1, 0.15) is 57.2 Å². The highest BCUT2D eigenvalue weighted by Crippen LogP contribution is 2.32. The Balaban J connectivity index is 2.44. The Morgan fingerprint density at radius 1 is 1.05 bits per heavy atom. The van der Waals surface area contributed by atoms with Crippen molar-refractivity contribution in [3.8, 4) is 0 Å². The molecule has 1 heteroatoms. The van der Waals surface area contributed by atoms with Crippen LogP contribution in [0.15, 0.2) is 36.4 Å². The van der Waals surface area contributed by atoms with Crippen molar-refractivity contribution >= 4 is 10.8 Å². The smallest absolute Gasteiger partial charge is 0.0331 e. The summed E-state index contributed by atoms with van der Waals surface area (Å²) < 4.78 is 0. The van der Waals surface area contributed by atoms with E-state index in [1.54, 1.807) is 0 Å². The van der Waals surface area contributed by atoms with Crippen LogP contribution in [0, 0.1) is 12.8 Å². The molecule has 0 radical (unpaired) electrons. The average Bonchev–Trinajstić information content (AvgIpc) is 2.51. The van der Waals surface area contributed by atoms with Gasteiger partial charge in [-0.1, -0.05) is 63.6 Å². The van der Waals surface area contributed by atoms with E-state index in [-0.39, 0.29) is 0 Å². The molecule has 0 bridgehead atoms. The van der Waals surface area contributed by atoms with Gasteiger partial charge in [0.1, 0.15) is 0 Å². The number of aryl methyl sites for hydroxylation is 1. The number of rotatable bonds is 7. The van der Waals surface area contributed by atoms with Crippen LogP contribution in [0.5, 0.6) is 0 Å². The van der Waals surface area contributed by atoms with Gasteiger partial charge in [0.2, 0.25) is 0 Å². The molecule has 0 aliphatic heterocycles. The summed E-state index contributed by atoms with van der Waals surface area (Å²) in [6.45, 7) is 10.2. The molecule has 0 saturated heterocycles. The first kappa shape index (κ1) is 16.0. The number of benzene rings is 2. The van der Waals surface area contributed by atoms with Crippen LogP contribution >= 0.6 is 0 Å². The van der Waals surface area contributed by atoms with E-state index in [0.29, 0.717) is 6.04 Å². The fourth-order valence-electron chi connectivity index (χ4n) is 3.06. The lowest BCUT2D eigenvalue weighted by Gasteiger charge is -2.25. The Morgan fingerprint density at radius 2 is 1.81 bits per heavy atom. The van der Waals surface area contributed by atoms with Gasteiger partial charge >= 0.3 is 0 Å². The van der Waals surface area contributed by atoms with Crippen LogP contribution in [0.25, 0.3) is 10.8 Å². The van der Waals surface area contributed by atoms with Crippen molar-refractivity contribution in [2.24, 2.45) is 5.92 Å². The van der Waals surface area contributed by atoms with Gasteiger partial charge in [-0.3, -0.25) is 0 Å². The fraction of sp³-hybridized carbons (Fsp3) is 0.500. The molecule has 1 N–H and O–H groups in total. The maximum Gasteiger partial charge on any atom is 0.0331 e. The Kier molecular flexibility index (Phi) is 5.81. The first-order valence-corrected chi connectivity index (χ1v) is 8.39. The quantitative estimate of drug-likeness (QED) is 0.695. The molecule has 2 aromatic carbocycles. The van der Waals surface area contributed by atoms with Crippen LogP contribution in [0.2, 0.25) is 0 Å². The first-order chi connectivity index (χ1) is 10.2. The molecule has 0 aliphatic carbocycles. The highest BCUT2D eigenvalue weighted by molar-refractivity contribution is 5.87. The van der Waals surface area contributed by atoms with Gasteiger partial charge in [0, 0.05) is 6.04 Å². The van der Waals surface area contributed by atoms with Gasteiger partial charge in [0.05, 0.1) is 0 Å². The summed E-state index contributed by atoms with van der Waals surface area (Å²) in [7, 11) is 0. The average molecular weight is 283 g/mol. The third-order valence-electron chi connectivity index (χ3n) is 4.51. The van der Waals surface area contributed by atoms with Crippen LogP contribution in [0.4, 0.5) is 0 Å². The van der Waals surface area contributed by atoms with E-state index in [9.17, 15) is 0 Å². The SMILES string of the molecule is CCCNC(CC(C)CC)c1c(C)ccc2ccccc12. The molecule has 0 amide bonds. The minimum Gasteiger partial charge on any atom is -0.310 e. The Labute approximate surface area is 129 Å². The lowest BCUT2D eigenvalue weighted by molar-refractivity contribution is 0.403. The molecule has 1 nitrogen and oxygen atoms in total. The molecule has 2 rings (SSSR count). The summed E-state index contributed by atoms with van der Waals surface area (Å²) in [5, 5.41) is 6.55. The van der Waals surface area contributed by atoms with E-state index in [4.69, 9.17) is 0 Å². The molecular weight excluding hydrogens is 254 g/mol.